The van der Waals surface area contributed by atoms with Gasteiger partial charge in [0.1, 0.15) is 17.4 Å². The summed E-state index contributed by atoms with van der Waals surface area (Å²) in [5.74, 6) is 0.181. The number of rotatable bonds is 5. The van der Waals surface area contributed by atoms with E-state index < -0.39 is 5.97 Å². The lowest BCUT2D eigenvalue weighted by molar-refractivity contribution is 0.0469. The Morgan fingerprint density at radius 3 is 2.60 bits per heavy atom. The second kappa shape index (κ2) is 7.87. The highest BCUT2D eigenvalue weighted by Crippen LogP contribution is 2.28. The summed E-state index contributed by atoms with van der Waals surface area (Å²) in [4.78, 5) is 16.7. The average Bonchev–Trinajstić information content (AvgIpc) is 3.09. The van der Waals surface area contributed by atoms with Gasteiger partial charge in [-0.2, -0.15) is 0 Å². The third-order valence-corrected chi connectivity index (χ3v) is 4.96. The van der Waals surface area contributed by atoms with Gasteiger partial charge in [0.2, 0.25) is 0 Å². The van der Waals surface area contributed by atoms with Crippen LogP contribution in [0.25, 0.3) is 10.6 Å². The Bertz CT molecular complexity index is 891. The Balaban J connectivity index is 1.70. The zero-order chi connectivity index (χ0) is 17.8. The van der Waals surface area contributed by atoms with Gasteiger partial charge in [0, 0.05) is 10.9 Å². The van der Waals surface area contributed by atoms with E-state index in [1.54, 1.807) is 25.3 Å². The third-order valence-electron chi connectivity index (χ3n) is 3.39. The molecule has 0 amide bonds. The van der Waals surface area contributed by atoms with Gasteiger partial charge in [0.05, 0.1) is 28.4 Å². The Labute approximate surface area is 158 Å². The van der Waals surface area contributed by atoms with E-state index in [4.69, 9.17) is 32.7 Å². The lowest BCUT2D eigenvalue weighted by Crippen LogP contribution is -2.07. The van der Waals surface area contributed by atoms with Crippen LogP contribution in [-0.2, 0) is 11.3 Å². The molecule has 128 valence electrons. The lowest BCUT2D eigenvalue weighted by atomic mass is 10.2. The Morgan fingerprint density at radius 2 is 1.88 bits per heavy atom. The van der Waals surface area contributed by atoms with Crippen LogP contribution in [0.2, 0.25) is 10.0 Å². The monoisotopic (exact) mass is 393 g/mol. The lowest BCUT2D eigenvalue weighted by Gasteiger charge is -2.06. The summed E-state index contributed by atoms with van der Waals surface area (Å²) >= 11 is 13.5. The van der Waals surface area contributed by atoms with Crippen molar-refractivity contribution in [3.63, 3.8) is 0 Å². The molecule has 0 radical (unpaired) electrons. The molecule has 0 aliphatic rings. The fourth-order valence-corrected chi connectivity index (χ4v) is 3.52. The van der Waals surface area contributed by atoms with Gasteiger partial charge in [0.15, 0.2) is 0 Å². The van der Waals surface area contributed by atoms with E-state index in [9.17, 15) is 4.79 Å². The summed E-state index contributed by atoms with van der Waals surface area (Å²) in [6.45, 7) is 0.0425. The van der Waals surface area contributed by atoms with Gasteiger partial charge in [0.25, 0.3) is 0 Å². The molecule has 3 rings (SSSR count). The standard InChI is InChI=1S/C18H13Cl2NO3S/c1-23-13-5-2-4-11(8-13)17-21-12(10-25-17)9-24-18(22)16-14(19)6-3-7-15(16)20/h2-8,10H,9H2,1H3. The fraction of sp³-hybridized carbons (Fsp3) is 0.111. The summed E-state index contributed by atoms with van der Waals surface area (Å²) in [6.07, 6.45) is 0. The Morgan fingerprint density at radius 1 is 1.16 bits per heavy atom. The normalized spacial score (nSPS) is 10.5. The fourth-order valence-electron chi connectivity index (χ4n) is 2.17. The largest absolute Gasteiger partial charge is 0.497 e. The van der Waals surface area contributed by atoms with Crippen LogP contribution in [0.1, 0.15) is 16.1 Å². The van der Waals surface area contributed by atoms with Gasteiger partial charge >= 0.3 is 5.97 Å². The van der Waals surface area contributed by atoms with Crippen LogP contribution in [0.4, 0.5) is 0 Å². The molecule has 0 aliphatic heterocycles. The topological polar surface area (TPSA) is 48.4 Å². The first-order chi connectivity index (χ1) is 12.1. The van der Waals surface area contributed by atoms with E-state index >= 15 is 0 Å². The molecule has 0 saturated carbocycles. The number of aromatic nitrogens is 1. The molecule has 7 heteroatoms. The van der Waals surface area contributed by atoms with Crippen LogP contribution in [0.15, 0.2) is 47.8 Å². The maximum Gasteiger partial charge on any atom is 0.341 e. The number of thiazole rings is 1. The molecule has 0 N–H and O–H groups in total. The van der Waals surface area contributed by atoms with Gasteiger partial charge in [-0.05, 0) is 24.3 Å². The van der Waals surface area contributed by atoms with Crippen LogP contribution in [0, 0.1) is 0 Å². The molecule has 0 atom stereocenters. The molecule has 4 nitrogen and oxygen atoms in total. The Hall–Kier alpha value is -2.08. The van der Waals surface area contributed by atoms with Crippen molar-refractivity contribution >= 4 is 40.5 Å². The summed E-state index contributed by atoms with van der Waals surface area (Å²) < 4.78 is 10.5. The molecule has 0 aliphatic carbocycles. The summed E-state index contributed by atoms with van der Waals surface area (Å²) in [5.41, 5.74) is 1.75. The van der Waals surface area contributed by atoms with Crippen molar-refractivity contribution in [2.75, 3.05) is 7.11 Å². The minimum Gasteiger partial charge on any atom is -0.497 e. The van der Waals surface area contributed by atoms with E-state index in [-0.39, 0.29) is 22.2 Å². The highest BCUT2D eigenvalue weighted by Gasteiger charge is 2.16. The second-order valence-electron chi connectivity index (χ2n) is 5.05. The maximum absolute atomic E-state index is 12.2. The first-order valence-electron chi connectivity index (χ1n) is 7.28. The van der Waals surface area contributed by atoms with Crippen molar-refractivity contribution in [3.8, 4) is 16.3 Å². The number of ether oxygens (including phenoxy) is 2. The SMILES string of the molecule is COc1cccc(-c2nc(COC(=O)c3c(Cl)cccc3Cl)cs2)c1. The smallest absolute Gasteiger partial charge is 0.341 e. The van der Waals surface area contributed by atoms with Crippen molar-refractivity contribution in [3.05, 3.63) is 69.1 Å². The third kappa shape index (κ3) is 4.12. The second-order valence-corrected chi connectivity index (χ2v) is 6.72. The molecule has 3 aromatic rings. The zero-order valence-electron chi connectivity index (χ0n) is 13.2. The molecule has 0 unspecified atom stereocenters. The highest BCUT2D eigenvalue weighted by molar-refractivity contribution is 7.13. The van der Waals surface area contributed by atoms with Crippen LogP contribution >= 0.6 is 34.5 Å². The molecule has 0 saturated heterocycles. The predicted molar refractivity (Wildman–Crippen MR) is 99.7 cm³/mol. The minimum absolute atomic E-state index is 0.0425. The molecule has 0 bridgehead atoms. The number of esters is 1. The molecule has 1 aromatic heterocycles. The molecular formula is C18H13Cl2NO3S. The van der Waals surface area contributed by atoms with Crippen LogP contribution in [0.3, 0.4) is 0 Å². The number of hydrogen-bond acceptors (Lipinski definition) is 5. The molecule has 25 heavy (non-hydrogen) atoms. The number of halogens is 2. The van der Waals surface area contributed by atoms with Crippen LogP contribution in [-0.4, -0.2) is 18.1 Å². The number of methoxy groups -OCH3 is 1. The van der Waals surface area contributed by atoms with Gasteiger partial charge in [-0.1, -0.05) is 41.4 Å². The van der Waals surface area contributed by atoms with E-state index in [0.29, 0.717) is 5.69 Å². The number of benzene rings is 2. The average molecular weight is 394 g/mol. The number of nitrogens with zero attached hydrogens (tertiary/aromatic N) is 1. The van der Waals surface area contributed by atoms with E-state index in [1.165, 1.54) is 11.3 Å². The quantitative estimate of drug-likeness (QED) is 0.538. The van der Waals surface area contributed by atoms with Gasteiger partial charge in [-0.25, -0.2) is 9.78 Å². The minimum atomic E-state index is -0.577. The van der Waals surface area contributed by atoms with Crippen molar-refractivity contribution in [2.45, 2.75) is 6.61 Å². The maximum atomic E-state index is 12.2. The van der Waals surface area contributed by atoms with Gasteiger partial charge in [-0.3, -0.25) is 0 Å². The van der Waals surface area contributed by atoms with Gasteiger partial charge < -0.3 is 9.47 Å². The molecule has 1 heterocycles. The van der Waals surface area contributed by atoms with Crippen LogP contribution < -0.4 is 4.74 Å². The predicted octanol–water partition coefficient (Wildman–Crippen LogP) is 5.48. The van der Waals surface area contributed by atoms with Crippen molar-refractivity contribution in [2.24, 2.45) is 0 Å². The zero-order valence-corrected chi connectivity index (χ0v) is 15.5. The highest BCUT2D eigenvalue weighted by atomic mass is 35.5. The number of carbonyl (C=O) groups is 1. The van der Waals surface area contributed by atoms with Crippen LogP contribution in [0.5, 0.6) is 5.75 Å². The molecule has 0 spiro atoms. The number of carbonyl (C=O) groups excluding carboxylic acids is 1. The molecule has 0 fully saturated rings. The summed E-state index contributed by atoms with van der Waals surface area (Å²) in [6, 6.07) is 12.5. The van der Waals surface area contributed by atoms with E-state index in [2.05, 4.69) is 4.98 Å². The van der Waals surface area contributed by atoms with Gasteiger partial charge in [-0.15, -0.1) is 11.3 Å². The first kappa shape index (κ1) is 17.7. The Kier molecular flexibility index (Phi) is 5.58. The summed E-state index contributed by atoms with van der Waals surface area (Å²) in [5, 5.41) is 3.18. The molecule has 2 aromatic carbocycles. The van der Waals surface area contributed by atoms with E-state index in [0.717, 1.165) is 16.3 Å². The van der Waals surface area contributed by atoms with Crippen molar-refractivity contribution < 1.29 is 14.3 Å². The van der Waals surface area contributed by atoms with E-state index in [1.807, 2.05) is 29.6 Å². The summed E-state index contributed by atoms with van der Waals surface area (Å²) in [7, 11) is 1.62. The molecular weight excluding hydrogens is 381 g/mol. The van der Waals surface area contributed by atoms with Crippen molar-refractivity contribution in [1.82, 2.24) is 4.98 Å². The first-order valence-corrected chi connectivity index (χ1v) is 8.92. The number of hydrogen-bond donors (Lipinski definition) is 0. The van der Waals surface area contributed by atoms with Crippen molar-refractivity contribution in [1.29, 1.82) is 0 Å².